The highest BCUT2D eigenvalue weighted by atomic mass is 32.2. The predicted octanol–water partition coefficient (Wildman–Crippen LogP) is 3.73. The van der Waals surface area contributed by atoms with Crippen LogP contribution < -0.4 is 0 Å². The average molecular weight is 335 g/mol. The third kappa shape index (κ3) is 10.1. The van der Waals surface area contributed by atoms with E-state index in [2.05, 4.69) is 56.6 Å². The van der Waals surface area contributed by atoms with E-state index in [1.54, 1.807) is 0 Å². The molecule has 0 aromatic heterocycles. The topological polar surface area (TPSA) is 0 Å². The molecule has 0 fully saturated rings. The van der Waals surface area contributed by atoms with Crippen LogP contribution in [-0.2, 0) is 0 Å². The van der Waals surface area contributed by atoms with Gasteiger partial charge in [0.2, 0.25) is 0 Å². The number of rotatable bonds is 11. The molecule has 16 heavy (non-hydrogen) atoms. The summed E-state index contributed by atoms with van der Waals surface area (Å²) in [7, 11) is 0. The number of hydrogen-bond acceptors (Lipinski definition) is 6. The van der Waals surface area contributed by atoms with Gasteiger partial charge in [0, 0.05) is 39.3 Å². The van der Waals surface area contributed by atoms with Crippen molar-refractivity contribution in [2.45, 2.75) is 17.4 Å². The maximum atomic E-state index is 4.42. The highest BCUT2D eigenvalue weighted by Gasteiger charge is 2.12. The summed E-state index contributed by atoms with van der Waals surface area (Å²) in [5.74, 6) is 7.66. The van der Waals surface area contributed by atoms with E-state index in [4.69, 9.17) is 0 Å². The Morgan fingerprint density at radius 2 is 1.56 bits per heavy atom. The molecule has 0 aliphatic carbocycles. The molecule has 0 nitrogen and oxygen atoms in total. The molecule has 98 valence electrons. The molecular formula is C10H22S6. The quantitative estimate of drug-likeness (QED) is 0.389. The number of thioether (sulfide) groups is 3. The second-order valence-electron chi connectivity index (χ2n) is 3.20. The Kier molecular flexibility index (Phi) is 15.3. The fraction of sp³-hybridized carbons (Fsp3) is 1.00. The summed E-state index contributed by atoms with van der Waals surface area (Å²) in [5, 5.41) is 1.36. The lowest BCUT2D eigenvalue weighted by Gasteiger charge is -2.17. The van der Waals surface area contributed by atoms with Crippen LogP contribution in [0.4, 0.5) is 0 Å². The molecule has 0 radical (unpaired) electrons. The molecule has 0 saturated carbocycles. The third-order valence-electron chi connectivity index (χ3n) is 1.87. The minimum absolute atomic E-state index is 0.674. The van der Waals surface area contributed by atoms with E-state index in [1.807, 2.05) is 23.5 Å². The lowest BCUT2D eigenvalue weighted by Crippen LogP contribution is -2.16. The van der Waals surface area contributed by atoms with Crippen LogP contribution in [0, 0.1) is 0 Å². The normalized spacial score (nSPS) is 15.0. The van der Waals surface area contributed by atoms with E-state index in [-0.39, 0.29) is 0 Å². The molecule has 6 heteroatoms. The predicted molar refractivity (Wildman–Crippen MR) is 97.1 cm³/mol. The molecule has 0 aromatic carbocycles. The van der Waals surface area contributed by atoms with Crippen LogP contribution in [0.25, 0.3) is 0 Å². The van der Waals surface area contributed by atoms with Crippen LogP contribution in [0.1, 0.15) is 6.92 Å². The van der Waals surface area contributed by atoms with Crippen molar-refractivity contribution in [2.75, 3.05) is 40.3 Å². The van der Waals surface area contributed by atoms with E-state index in [0.717, 1.165) is 23.0 Å². The van der Waals surface area contributed by atoms with E-state index in [0.29, 0.717) is 10.5 Å². The van der Waals surface area contributed by atoms with Crippen LogP contribution in [0.15, 0.2) is 0 Å². The van der Waals surface area contributed by atoms with Crippen molar-refractivity contribution in [3.8, 4) is 0 Å². The van der Waals surface area contributed by atoms with Crippen molar-refractivity contribution in [1.82, 2.24) is 0 Å². The maximum Gasteiger partial charge on any atom is 0.0226 e. The van der Waals surface area contributed by atoms with Gasteiger partial charge < -0.3 is 0 Å². The van der Waals surface area contributed by atoms with Crippen molar-refractivity contribution in [1.29, 1.82) is 0 Å². The summed E-state index contributed by atoms with van der Waals surface area (Å²) < 4.78 is 0. The van der Waals surface area contributed by atoms with Gasteiger partial charge in [-0.15, -0.1) is 0 Å². The van der Waals surface area contributed by atoms with Gasteiger partial charge in [-0.3, -0.25) is 0 Å². The molecule has 0 aliphatic heterocycles. The Labute approximate surface area is 130 Å². The summed E-state index contributed by atoms with van der Waals surface area (Å²) >= 11 is 19.1. The zero-order chi connectivity index (χ0) is 12.2. The molecule has 0 aliphatic rings. The fourth-order valence-electron chi connectivity index (χ4n) is 1.07. The highest BCUT2D eigenvalue weighted by molar-refractivity contribution is 8.05. The molecule has 0 N–H and O–H groups in total. The van der Waals surface area contributed by atoms with Gasteiger partial charge in [0.25, 0.3) is 0 Å². The van der Waals surface area contributed by atoms with Crippen LogP contribution in [0.5, 0.6) is 0 Å². The first-order valence-electron chi connectivity index (χ1n) is 5.41. The minimum atomic E-state index is 0.674. The molecule has 0 aromatic rings. The molecule has 0 amide bonds. The molecule has 0 bridgehead atoms. The Hall–Kier alpha value is 2.10. The van der Waals surface area contributed by atoms with Crippen molar-refractivity contribution < 1.29 is 0 Å². The minimum Gasteiger partial charge on any atom is -0.179 e. The fourth-order valence-corrected chi connectivity index (χ4v) is 5.95. The average Bonchev–Trinajstić information content (AvgIpc) is 2.31. The van der Waals surface area contributed by atoms with Gasteiger partial charge in [0.1, 0.15) is 0 Å². The zero-order valence-corrected chi connectivity index (χ0v) is 14.8. The Morgan fingerprint density at radius 3 is 2.06 bits per heavy atom. The lowest BCUT2D eigenvalue weighted by molar-refractivity contribution is 1.11. The van der Waals surface area contributed by atoms with Crippen molar-refractivity contribution >= 4 is 73.2 Å². The highest BCUT2D eigenvalue weighted by Crippen LogP contribution is 2.23. The smallest absolute Gasteiger partial charge is 0.0226 e. The van der Waals surface area contributed by atoms with Gasteiger partial charge in [-0.05, 0) is 11.5 Å². The standard InChI is InChI=1S/C10H22S6/c1-2-15-10(6-13)8-16-9(5-12)7-14-4-3-11/h9-13H,2-8H2,1H3. The van der Waals surface area contributed by atoms with Crippen LogP contribution >= 0.6 is 73.2 Å². The summed E-state index contributed by atoms with van der Waals surface area (Å²) in [4.78, 5) is 0. The van der Waals surface area contributed by atoms with Crippen molar-refractivity contribution in [3.63, 3.8) is 0 Å². The van der Waals surface area contributed by atoms with Gasteiger partial charge in [0.15, 0.2) is 0 Å². The van der Waals surface area contributed by atoms with Gasteiger partial charge >= 0.3 is 0 Å². The Balaban J connectivity index is 3.66. The van der Waals surface area contributed by atoms with Gasteiger partial charge in [-0.2, -0.15) is 73.2 Å². The van der Waals surface area contributed by atoms with E-state index >= 15 is 0 Å². The molecule has 0 rings (SSSR count). The Morgan fingerprint density at radius 1 is 0.938 bits per heavy atom. The molecule has 0 saturated heterocycles. The largest absolute Gasteiger partial charge is 0.179 e. The Bertz CT molecular complexity index is 143. The van der Waals surface area contributed by atoms with E-state index < -0.39 is 0 Å². The summed E-state index contributed by atoms with van der Waals surface area (Å²) in [6, 6.07) is 0. The second-order valence-corrected chi connectivity index (χ2v) is 8.43. The monoisotopic (exact) mass is 334 g/mol. The molecule has 0 spiro atoms. The van der Waals surface area contributed by atoms with Gasteiger partial charge in [-0.1, -0.05) is 6.92 Å². The first-order valence-corrected chi connectivity index (χ1v) is 10.6. The first kappa shape index (κ1) is 18.1. The van der Waals surface area contributed by atoms with E-state index in [1.165, 1.54) is 17.3 Å². The molecular weight excluding hydrogens is 313 g/mol. The van der Waals surface area contributed by atoms with Crippen molar-refractivity contribution in [2.24, 2.45) is 0 Å². The zero-order valence-electron chi connectivity index (χ0n) is 9.67. The van der Waals surface area contributed by atoms with E-state index in [9.17, 15) is 0 Å². The SMILES string of the molecule is CCSC(CS)CSC(CS)CSCCS. The third-order valence-corrected chi connectivity index (χ3v) is 7.86. The van der Waals surface area contributed by atoms with Crippen LogP contribution in [-0.4, -0.2) is 50.8 Å². The van der Waals surface area contributed by atoms with Crippen LogP contribution in [0.2, 0.25) is 0 Å². The molecule has 0 heterocycles. The van der Waals surface area contributed by atoms with Gasteiger partial charge in [-0.25, -0.2) is 0 Å². The summed E-state index contributed by atoms with van der Waals surface area (Å²) in [6.45, 7) is 2.21. The van der Waals surface area contributed by atoms with Crippen LogP contribution in [0.3, 0.4) is 0 Å². The second kappa shape index (κ2) is 13.5. The molecule has 2 atom stereocenters. The molecule has 2 unspecified atom stereocenters. The number of thiol groups is 3. The first-order chi connectivity index (χ1) is 7.78. The van der Waals surface area contributed by atoms with Crippen molar-refractivity contribution in [3.05, 3.63) is 0 Å². The lowest BCUT2D eigenvalue weighted by atomic mass is 10.5. The van der Waals surface area contributed by atoms with Gasteiger partial charge in [0.05, 0.1) is 0 Å². The summed E-state index contributed by atoms with van der Waals surface area (Å²) in [5.41, 5.74) is 0. The number of hydrogen-bond donors (Lipinski definition) is 3. The summed E-state index contributed by atoms with van der Waals surface area (Å²) in [6.07, 6.45) is 0. The maximum absolute atomic E-state index is 4.42.